The lowest BCUT2D eigenvalue weighted by atomic mass is 9.98. The molecule has 4 rings (SSSR count). The summed E-state index contributed by atoms with van der Waals surface area (Å²) < 4.78 is 5.21. The molecule has 5 heteroatoms. The molecule has 0 aliphatic heterocycles. The van der Waals surface area contributed by atoms with Crippen LogP contribution >= 0.6 is 0 Å². The molecule has 0 amide bonds. The molecular formula is C22H16N2O3. The SMILES string of the molecule is COc1ccc(-c2cc(-c3ccccc3)c3cccc([N+](=O)[O-])c3n2)cc1. The van der Waals surface area contributed by atoms with Crippen LogP contribution in [0.4, 0.5) is 5.69 Å². The van der Waals surface area contributed by atoms with E-state index < -0.39 is 0 Å². The molecule has 3 aromatic carbocycles. The first-order valence-corrected chi connectivity index (χ1v) is 8.45. The number of hydrogen-bond donors (Lipinski definition) is 0. The van der Waals surface area contributed by atoms with Gasteiger partial charge >= 0.3 is 0 Å². The Hall–Kier alpha value is -3.73. The van der Waals surface area contributed by atoms with Crippen molar-refractivity contribution in [3.63, 3.8) is 0 Å². The Bertz CT molecular complexity index is 1120. The van der Waals surface area contributed by atoms with Gasteiger partial charge in [-0.05, 0) is 41.5 Å². The molecule has 132 valence electrons. The van der Waals surface area contributed by atoms with Gasteiger partial charge in [0.1, 0.15) is 11.3 Å². The lowest BCUT2D eigenvalue weighted by molar-refractivity contribution is -0.383. The van der Waals surface area contributed by atoms with Gasteiger partial charge in [0.15, 0.2) is 0 Å². The Kier molecular flexibility index (Phi) is 4.26. The third kappa shape index (κ3) is 3.11. The molecule has 0 aliphatic carbocycles. The maximum atomic E-state index is 11.5. The smallest absolute Gasteiger partial charge is 0.295 e. The highest BCUT2D eigenvalue weighted by Crippen LogP contribution is 2.35. The van der Waals surface area contributed by atoms with Gasteiger partial charge in [0.25, 0.3) is 5.69 Å². The molecule has 1 aromatic heterocycles. The summed E-state index contributed by atoms with van der Waals surface area (Å²) in [6, 6.07) is 24.4. The van der Waals surface area contributed by atoms with Crippen LogP contribution in [0.1, 0.15) is 0 Å². The highest BCUT2D eigenvalue weighted by atomic mass is 16.6. The van der Waals surface area contributed by atoms with E-state index in [1.54, 1.807) is 13.2 Å². The topological polar surface area (TPSA) is 65.3 Å². The fourth-order valence-corrected chi connectivity index (χ4v) is 3.15. The molecule has 0 atom stereocenters. The Morgan fingerprint density at radius 3 is 2.30 bits per heavy atom. The van der Waals surface area contributed by atoms with Crippen molar-refractivity contribution in [2.75, 3.05) is 7.11 Å². The van der Waals surface area contributed by atoms with E-state index in [2.05, 4.69) is 4.98 Å². The highest BCUT2D eigenvalue weighted by molar-refractivity contribution is 6.00. The molecule has 4 aromatic rings. The number of hydrogen-bond acceptors (Lipinski definition) is 4. The van der Waals surface area contributed by atoms with Crippen molar-refractivity contribution in [3.8, 4) is 28.1 Å². The standard InChI is InChI=1S/C22H16N2O3/c1-27-17-12-10-16(11-13-17)20-14-19(15-6-3-2-4-7-15)18-8-5-9-21(24(25)26)22(18)23-20/h2-14H,1H3. The van der Waals surface area contributed by atoms with Crippen LogP contribution in [0.25, 0.3) is 33.3 Å². The summed E-state index contributed by atoms with van der Waals surface area (Å²) in [7, 11) is 1.61. The molecular weight excluding hydrogens is 340 g/mol. The van der Waals surface area contributed by atoms with Crippen LogP contribution in [0.3, 0.4) is 0 Å². The van der Waals surface area contributed by atoms with Gasteiger partial charge in [0.2, 0.25) is 0 Å². The minimum atomic E-state index is -0.387. The van der Waals surface area contributed by atoms with Crippen LogP contribution < -0.4 is 4.74 Å². The minimum absolute atomic E-state index is 0.0000396. The lowest BCUT2D eigenvalue weighted by Gasteiger charge is -2.11. The predicted molar refractivity (Wildman–Crippen MR) is 106 cm³/mol. The number of nitro benzene ring substituents is 1. The number of non-ortho nitro benzene ring substituents is 1. The van der Waals surface area contributed by atoms with Crippen LogP contribution in [0.15, 0.2) is 78.9 Å². The number of nitro groups is 1. The zero-order chi connectivity index (χ0) is 18.8. The van der Waals surface area contributed by atoms with Gasteiger partial charge in [0, 0.05) is 17.0 Å². The molecule has 0 radical (unpaired) electrons. The highest BCUT2D eigenvalue weighted by Gasteiger charge is 2.17. The number of ether oxygens (including phenoxy) is 1. The number of methoxy groups -OCH3 is 1. The van der Waals surface area contributed by atoms with Gasteiger partial charge < -0.3 is 4.74 Å². The van der Waals surface area contributed by atoms with Crippen molar-refractivity contribution in [1.82, 2.24) is 4.98 Å². The van der Waals surface area contributed by atoms with Gasteiger partial charge in [-0.1, -0.05) is 42.5 Å². The molecule has 27 heavy (non-hydrogen) atoms. The Morgan fingerprint density at radius 1 is 0.889 bits per heavy atom. The zero-order valence-corrected chi connectivity index (χ0v) is 14.6. The van der Waals surface area contributed by atoms with Crippen molar-refractivity contribution in [2.24, 2.45) is 0 Å². The van der Waals surface area contributed by atoms with Crippen LogP contribution in [0, 0.1) is 10.1 Å². The Morgan fingerprint density at radius 2 is 1.63 bits per heavy atom. The van der Waals surface area contributed by atoms with Gasteiger partial charge in [-0.25, -0.2) is 4.98 Å². The van der Waals surface area contributed by atoms with E-state index in [0.29, 0.717) is 11.2 Å². The molecule has 0 saturated heterocycles. The Balaban J connectivity index is 2.02. The summed E-state index contributed by atoms with van der Waals surface area (Å²) in [6.07, 6.45) is 0. The summed E-state index contributed by atoms with van der Waals surface area (Å²) in [6.45, 7) is 0. The number of fused-ring (bicyclic) bond motifs is 1. The van der Waals surface area contributed by atoms with Gasteiger partial charge in [-0.3, -0.25) is 10.1 Å². The predicted octanol–water partition coefficient (Wildman–Crippen LogP) is 5.49. The molecule has 0 fully saturated rings. The summed E-state index contributed by atoms with van der Waals surface area (Å²) >= 11 is 0. The largest absolute Gasteiger partial charge is 0.497 e. The average molecular weight is 356 g/mol. The zero-order valence-electron chi connectivity index (χ0n) is 14.6. The first-order chi connectivity index (χ1) is 13.2. The summed E-state index contributed by atoms with van der Waals surface area (Å²) in [5.41, 5.74) is 3.83. The second-order valence-electron chi connectivity index (χ2n) is 6.08. The first kappa shape index (κ1) is 16.7. The monoisotopic (exact) mass is 356 g/mol. The van der Waals surface area contributed by atoms with Gasteiger partial charge in [-0.15, -0.1) is 0 Å². The number of benzene rings is 3. The lowest BCUT2D eigenvalue weighted by Crippen LogP contribution is -1.95. The number of nitrogens with zero attached hydrogens (tertiary/aromatic N) is 2. The number of para-hydroxylation sites is 1. The van der Waals surface area contributed by atoms with E-state index in [1.807, 2.05) is 66.7 Å². The molecule has 5 nitrogen and oxygen atoms in total. The van der Waals surface area contributed by atoms with E-state index in [4.69, 9.17) is 4.74 Å². The van der Waals surface area contributed by atoms with Crippen molar-refractivity contribution in [2.45, 2.75) is 0 Å². The van der Waals surface area contributed by atoms with E-state index in [9.17, 15) is 10.1 Å². The third-order valence-electron chi connectivity index (χ3n) is 4.49. The van der Waals surface area contributed by atoms with Crippen LogP contribution in [-0.4, -0.2) is 17.0 Å². The molecule has 0 spiro atoms. The number of rotatable bonds is 4. The van der Waals surface area contributed by atoms with Crippen LogP contribution in [0.5, 0.6) is 5.75 Å². The maximum Gasteiger partial charge on any atom is 0.295 e. The van der Waals surface area contributed by atoms with Gasteiger partial charge in [0.05, 0.1) is 17.7 Å². The fraction of sp³-hybridized carbons (Fsp3) is 0.0455. The van der Waals surface area contributed by atoms with Crippen molar-refractivity contribution in [1.29, 1.82) is 0 Å². The van der Waals surface area contributed by atoms with Crippen LogP contribution in [-0.2, 0) is 0 Å². The second-order valence-corrected chi connectivity index (χ2v) is 6.08. The van der Waals surface area contributed by atoms with E-state index >= 15 is 0 Å². The molecule has 0 N–H and O–H groups in total. The number of pyridine rings is 1. The summed E-state index contributed by atoms with van der Waals surface area (Å²) in [5.74, 6) is 0.744. The van der Waals surface area contributed by atoms with Crippen LogP contribution in [0.2, 0.25) is 0 Å². The summed E-state index contributed by atoms with van der Waals surface area (Å²) in [5, 5.41) is 12.3. The molecule has 1 heterocycles. The first-order valence-electron chi connectivity index (χ1n) is 8.45. The normalized spacial score (nSPS) is 10.7. The van der Waals surface area contributed by atoms with Crippen molar-refractivity contribution in [3.05, 3.63) is 89.0 Å². The van der Waals surface area contributed by atoms with Crippen molar-refractivity contribution >= 4 is 16.6 Å². The maximum absolute atomic E-state index is 11.5. The molecule has 0 unspecified atom stereocenters. The van der Waals surface area contributed by atoms with Crippen molar-refractivity contribution < 1.29 is 9.66 Å². The third-order valence-corrected chi connectivity index (χ3v) is 4.49. The fourth-order valence-electron chi connectivity index (χ4n) is 3.15. The second kappa shape index (κ2) is 6.88. The van der Waals surface area contributed by atoms with E-state index in [0.717, 1.165) is 27.8 Å². The average Bonchev–Trinajstić information content (AvgIpc) is 2.73. The molecule has 0 bridgehead atoms. The molecule has 0 aliphatic rings. The van der Waals surface area contributed by atoms with E-state index in [-0.39, 0.29) is 10.6 Å². The number of aromatic nitrogens is 1. The minimum Gasteiger partial charge on any atom is -0.497 e. The van der Waals surface area contributed by atoms with Gasteiger partial charge in [-0.2, -0.15) is 0 Å². The molecule has 0 saturated carbocycles. The van der Waals surface area contributed by atoms with E-state index in [1.165, 1.54) is 6.07 Å². The Labute approximate surface area is 156 Å². The quantitative estimate of drug-likeness (QED) is 0.358. The summed E-state index contributed by atoms with van der Waals surface area (Å²) in [4.78, 5) is 15.8.